The second-order valence-electron chi connectivity index (χ2n) is 5.77. The second-order valence-corrected chi connectivity index (χ2v) is 6.16. The summed E-state index contributed by atoms with van der Waals surface area (Å²) in [6.45, 7) is 2.05. The molecule has 0 saturated carbocycles. The molecule has 0 atom stereocenters. The summed E-state index contributed by atoms with van der Waals surface area (Å²) in [6.07, 6.45) is 6.74. The molecule has 2 heterocycles. The van der Waals surface area contributed by atoms with Gasteiger partial charge >= 0.3 is 0 Å². The lowest BCUT2D eigenvalue weighted by Gasteiger charge is -2.19. The number of fused-ring (bicyclic) bond motifs is 2. The van der Waals surface area contributed by atoms with Crippen LogP contribution < -0.4 is 0 Å². The lowest BCUT2D eigenvalue weighted by molar-refractivity contribution is 0.681. The van der Waals surface area contributed by atoms with Crippen molar-refractivity contribution in [2.45, 2.75) is 32.6 Å². The number of pyridine rings is 1. The summed E-state index contributed by atoms with van der Waals surface area (Å²) in [4.78, 5) is 7.88. The number of aryl methyl sites for hydroxylation is 2. The zero-order valence-electron chi connectivity index (χ0n) is 12.0. The maximum atomic E-state index is 5.55. The maximum Gasteiger partial charge on any atom is 0.184 e. The minimum Gasteiger partial charge on any atom is -0.329 e. The van der Waals surface area contributed by atoms with E-state index in [0.29, 0.717) is 0 Å². The SMILES string of the molecule is Cc1cnc2c(c1)[nH]c(=S)n2-c1cccc2c1CCCC2. The molecule has 4 heteroatoms. The van der Waals surface area contributed by atoms with Gasteiger partial charge in [0.1, 0.15) is 0 Å². The highest BCUT2D eigenvalue weighted by molar-refractivity contribution is 7.71. The Bertz CT molecular complexity index is 889. The van der Waals surface area contributed by atoms with Crippen molar-refractivity contribution in [3.05, 3.63) is 51.9 Å². The fraction of sp³-hybridized carbons (Fsp3) is 0.294. The van der Waals surface area contributed by atoms with Crippen LogP contribution in [0.2, 0.25) is 0 Å². The topological polar surface area (TPSA) is 33.6 Å². The number of aromatic nitrogens is 3. The first-order chi connectivity index (χ1) is 10.2. The number of benzene rings is 1. The summed E-state index contributed by atoms with van der Waals surface area (Å²) in [5.41, 5.74) is 7.16. The van der Waals surface area contributed by atoms with Gasteiger partial charge in [0.2, 0.25) is 0 Å². The molecule has 0 aliphatic heterocycles. The van der Waals surface area contributed by atoms with E-state index >= 15 is 0 Å². The van der Waals surface area contributed by atoms with Crippen molar-refractivity contribution in [2.75, 3.05) is 0 Å². The molecule has 106 valence electrons. The summed E-state index contributed by atoms with van der Waals surface area (Å²) in [6, 6.07) is 8.64. The summed E-state index contributed by atoms with van der Waals surface area (Å²) in [5, 5.41) is 0. The van der Waals surface area contributed by atoms with Gasteiger partial charge in [0.25, 0.3) is 0 Å². The maximum absolute atomic E-state index is 5.55. The smallest absolute Gasteiger partial charge is 0.184 e. The number of hydrogen-bond acceptors (Lipinski definition) is 2. The highest BCUT2D eigenvalue weighted by Gasteiger charge is 2.16. The van der Waals surface area contributed by atoms with Gasteiger partial charge in [-0.15, -0.1) is 0 Å². The van der Waals surface area contributed by atoms with Crippen LogP contribution >= 0.6 is 12.2 Å². The molecule has 0 unspecified atom stereocenters. The molecule has 0 bridgehead atoms. The third-order valence-electron chi connectivity index (χ3n) is 4.27. The van der Waals surface area contributed by atoms with Gasteiger partial charge in [0.15, 0.2) is 10.4 Å². The van der Waals surface area contributed by atoms with E-state index in [1.165, 1.54) is 36.1 Å². The number of nitrogens with zero attached hydrogens (tertiary/aromatic N) is 2. The van der Waals surface area contributed by atoms with Crippen molar-refractivity contribution in [1.82, 2.24) is 14.5 Å². The fourth-order valence-corrected chi connectivity index (χ4v) is 3.59. The van der Waals surface area contributed by atoms with Crippen LogP contribution in [0.3, 0.4) is 0 Å². The monoisotopic (exact) mass is 295 g/mol. The first kappa shape index (κ1) is 12.8. The molecule has 1 aliphatic rings. The minimum atomic E-state index is 0.724. The third-order valence-corrected chi connectivity index (χ3v) is 4.56. The van der Waals surface area contributed by atoms with Crippen LogP contribution in [0.4, 0.5) is 0 Å². The Morgan fingerprint density at radius 2 is 2.10 bits per heavy atom. The van der Waals surface area contributed by atoms with Crippen LogP contribution in [0.5, 0.6) is 0 Å². The molecule has 3 nitrogen and oxygen atoms in total. The Labute approximate surface area is 128 Å². The number of aromatic amines is 1. The van der Waals surface area contributed by atoms with Crippen LogP contribution in [0, 0.1) is 11.7 Å². The van der Waals surface area contributed by atoms with E-state index in [1.54, 1.807) is 0 Å². The van der Waals surface area contributed by atoms with E-state index in [-0.39, 0.29) is 0 Å². The highest BCUT2D eigenvalue weighted by Crippen LogP contribution is 2.29. The first-order valence-corrected chi connectivity index (χ1v) is 7.83. The predicted octanol–water partition coefficient (Wildman–Crippen LogP) is 4.27. The molecule has 3 aromatic rings. The van der Waals surface area contributed by atoms with Gasteiger partial charge in [-0.1, -0.05) is 12.1 Å². The Balaban J connectivity index is 2.03. The first-order valence-electron chi connectivity index (χ1n) is 7.42. The van der Waals surface area contributed by atoms with E-state index in [1.807, 2.05) is 13.1 Å². The number of hydrogen-bond donors (Lipinski definition) is 1. The average Bonchev–Trinajstić information content (AvgIpc) is 2.81. The molecule has 1 aromatic carbocycles. The summed E-state index contributed by atoms with van der Waals surface area (Å²) in [7, 11) is 0. The molecule has 21 heavy (non-hydrogen) atoms. The molecule has 0 radical (unpaired) electrons. The van der Waals surface area contributed by atoms with Crippen molar-refractivity contribution in [2.24, 2.45) is 0 Å². The van der Waals surface area contributed by atoms with Crippen LogP contribution in [0.1, 0.15) is 29.5 Å². The molecule has 1 N–H and O–H groups in total. The van der Waals surface area contributed by atoms with Gasteiger partial charge in [-0.2, -0.15) is 0 Å². The van der Waals surface area contributed by atoms with Gasteiger partial charge in [-0.05, 0) is 73.6 Å². The predicted molar refractivity (Wildman–Crippen MR) is 87.6 cm³/mol. The molecular formula is C17H17N3S. The molecule has 0 amide bonds. The molecular weight excluding hydrogens is 278 g/mol. The van der Waals surface area contributed by atoms with Crippen LogP contribution in [0.25, 0.3) is 16.9 Å². The van der Waals surface area contributed by atoms with Gasteiger partial charge in [-0.3, -0.25) is 4.57 Å². The minimum absolute atomic E-state index is 0.724. The quantitative estimate of drug-likeness (QED) is 0.680. The average molecular weight is 295 g/mol. The van der Waals surface area contributed by atoms with Crippen molar-refractivity contribution in [3.63, 3.8) is 0 Å². The Morgan fingerprint density at radius 3 is 3.00 bits per heavy atom. The second kappa shape index (κ2) is 4.81. The van der Waals surface area contributed by atoms with E-state index in [4.69, 9.17) is 12.2 Å². The molecule has 4 rings (SSSR count). The van der Waals surface area contributed by atoms with Gasteiger partial charge in [-0.25, -0.2) is 4.98 Å². The lowest BCUT2D eigenvalue weighted by atomic mass is 9.90. The van der Waals surface area contributed by atoms with Crippen LogP contribution in [-0.2, 0) is 12.8 Å². The number of imidazole rings is 1. The zero-order valence-corrected chi connectivity index (χ0v) is 12.8. The largest absolute Gasteiger partial charge is 0.329 e. The standard InChI is InChI=1S/C17H17N3S/c1-11-9-14-16(18-10-11)20(17(21)19-14)15-8-4-6-12-5-2-3-7-13(12)15/h4,6,8-10H,2-3,5,7H2,1H3,(H,19,21). The Hall–Kier alpha value is -1.94. The van der Waals surface area contributed by atoms with E-state index < -0.39 is 0 Å². The molecule has 1 aliphatic carbocycles. The number of H-pyrrole nitrogens is 1. The third kappa shape index (κ3) is 2.02. The van der Waals surface area contributed by atoms with Crippen LogP contribution in [0.15, 0.2) is 30.5 Å². The lowest BCUT2D eigenvalue weighted by Crippen LogP contribution is -2.08. The fourth-order valence-electron chi connectivity index (χ4n) is 3.29. The van der Waals surface area contributed by atoms with Gasteiger partial charge < -0.3 is 4.98 Å². The molecule has 2 aromatic heterocycles. The highest BCUT2D eigenvalue weighted by atomic mass is 32.1. The van der Waals surface area contributed by atoms with Crippen LogP contribution in [-0.4, -0.2) is 14.5 Å². The van der Waals surface area contributed by atoms with Gasteiger partial charge in [0, 0.05) is 6.20 Å². The van der Waals surface area contributed by atoms with E-state index in [9.17, 15) is 0 Å². The van der Waals surface area contributed by atoms with E-state index in [2.05, 4.69) is 38.8 Å². The van der Waals surface area contributed by atoms with E-state index in [0.717, 1.165) is 27.9 Å². The summed E-state index contributed by atoms with van der Waals surface area (Å²) in [5.74, 6) is 0. The normalized spacial score (nSPS) is 14.3. The molecule has 0 saturated heterocycles. The van der Waals surface area contributed by atoms with Crippen molar-refractivity contribution in [3.8, 4) is 5.69 Å². The van der Waals surface area contributed by atoms with Crippen molar-refractivity contribution in [1.29, 1.82) is 0 Å². The number of rotatable bonds is 1. The summed E-state index contributed by atoms with van der Waals surface area (Å²) >= 11 is 5.55. The number of nitrogens with one attached hydrogen (secondary N) is 1. The van der Waals surface area contributed by atoms with Crippen molar-refractivity contribution >= 4 is 23.4 Å². The Kier molecular flexibility index (Phi) is 2.93. The Morgan fingerprint density at radius 1 is 1.24 bits per heavy atom. The molecule has 0 fully saturated rings. The molecule has 0 spiro atoms. The van der Waals surface area contributed by atoms with Crippen molar-refractivity contribution < 1.29 is 0 Å². The zero-order chi connectivity index (χ0) is 14.4. The summed E-state index contributed by atoms with van der Waals surface area (Å²) < 4.78 is 2.82. The van der Waals surface area contributed by atoms with Gasteiger partial charge in [0.05, 0.1) is 11.2 Å².